The molecule has 0 saturated heterocycles. The zero-order valence-electron chi connectivity index (χ0n) is 12.2. The first kappa shape index (κ1) is 15.1. The van der Waals surface area contributed by atoms with E-state index in [-0.39, 0.29) is 18.4 Å². The molecule has 0 atom stereocenters. The van der Waals surface area contributed by atoms with E-state index in [9.17, 15) is 4.79 Å². The van der Waals surface area contributed by atoms with Gasteiger partial charge in [-0.2, -0.15) is 5.10 Å². The molecule has 0 amide bonds. The van der Waals surface area contributed by atoms with E-state index in [2.05, 4.69) is 5.10 Å². The Kier molecular flexibility index (Phi) is 4.94. The SMILES string of the molecule is CC(C)OCCOC(=O)c1ccn(-c2cccc(N)c2)n1. The Morgan fingerprint density at radius 2 is 2.14 bits per heavy atom. The zero-order chi connectivity index (χ0) is 15.2. The molecule has 0 fully saturated rings. The molecule has 0 saturated carbocycles. The number of esters is 1. The van der Waals surface area contributed by atoms with Crippen molar-refractivity contribution >= 4 is 11.7 Å². The Hall–Kier alpha value is -2.34. The number of anilines is 1. The molecule has 6 heteroatoms. The second-order valence-electron chi connectivity index (χ2n) is 4.80. The molecule has 0 spiro atoms. The van der Waals surface area contributed by atoms with E-state index in [1.165, 1.54) is 0 Å². The lowest BCUT2D eigenvalue weighted by molar-refractivity contribution is 0.0172. The molecule has 0 radical (unpaired) electrons. The first-order valence-electron chi connectivity index (χ1n) is 6.76. The lowest BCUT2D eigenvalue weighted by atomic mass is 10.3. The summed E-state index contributed by atoms with van der Waals surface area (Å²) in [5.41, 5.74) is 7.40. The molecule has 1 aromatic heterocycles. The topological polar surface area (TPSA) is 79.4 Å². The predicted molar refractivity (Wildman–Crippen MR) is 79.3 cm³/mol. The molecule has 2 aromatic rings. The van der Waals surface area contributed by atoms with Crippen molar-refractivity contribution in [1.82, 2.24) is 9.78 Å². The van der Waals surface area contributed by atoms with Crippen LogP contribution in [0.5, 0.6) is 0 Å². The zero-order valence-corrected chi connectivity index (χ0v) is 12.2. The smallest absolute Gasteiger partial charge is 0.358 e. The highest BCUT2D eigenvalue weighted by Crippen LogP contribution is 2.12. The van der Waals surface area contributed by atoms with Crippen LogP contribution in [0.15, 0.2) is 36.5 Å². The average Bonchev–Trinajstić information content (AvgIpc) is 2.93. The van der Waals surface area contributed by atoms with Gasteiger partial charge in [0.05, 0.1) is 18.4 Å². The van der Waals surface area contributed by atoms with Crippen molar-refractivity contribution in [2.75, 3.05) is 18.9 Å². The number of rotatable bonds is 6. The predicted octanol–water partition coefficient (Wildman–Crippen LogP) is 2.04. The second kappa shape index (κ2) is 6.90. The lowest BCUT2D eigenvalue weighted by Gasteiger charge is -2.07. The number of aromatic nitrogens is 2. The molecule has 1 aromatic carbocycles. The molecule has 0 bridgehead atoms. The number of benzene rings is 1. The summed E-state index contributed by atoms with van der Waals surface area (Å²) in [6.07, 6.45) is 1.81. The van der Waals surface area contributed by atoms with Gasteiger partial charge in [0.15, 0.2) is 5.69 Å². The van der Waals surface area contributed by atoms with Crippen LogP contribution in [0, 0.1) is 0 Å². The van der Waals surface area contributed by atoms with Gasteiger partial charge in [0.2, 0.25) is 0 Å². The molecule has 2 rings (SSSR count). The van der Waals surface area contributed by atoms with Crippen LogP contribution in [0.1, 0.15) is 24.3 Å². The Morgan fingerprint density at radius 3 is 2.86 bits per heavy atom. The minimum atomic E-state index is -0.468. The highest BCUT2D eigenvalue weighted by molar-refractivity contribution is 5.87. The fraction of sp³-hybridized carbons (Fsp3) is 0.333. The van der Waals surface area contributed by atoms with Crippen LogP contribution in [0.2, 0.25) is 0 Å². The number of nitrogen functional groups attached to an aromatic ring is 1. The third-order valence-corrected chi connectivity index (χ3v) is 2.70. The largest absolute Gasteiger partial charge is 0.458 e. The van der Waals surface area contributed by atoms with Gasteiger partial charge in [0.1, 0.15) is 6.61 Å². The molecule has 0 unspecified atom stereocenters. The van der Waals surface area contributed by atoms with Gasteiger partial charge in [-0.15, -0.1) is 0 Å². The van der Waals surface area contributed by atoms with Crippen molar-refractivity contribution in [3.63, 3.8) is 0 Å². The minimum Gasteiger partial charge on any atom is -0.458 e. The highest BCUT2D eigenvalue weighted by Gasteiger charge is 2.11. The molecule has 0 aliphatic carbocycles. The maximum Gasteiger partial charge on any atom is 0.358 e. The van der Waals surface area contributed by atoms with Crippen LogP contribution in [-0.2, 0) is 9.47 Å². The average molecular weight is 289 g/mol. The summed E-state index contributed by atoms with van der Waals surface area (Å²) >= 11 is 0. The maximum atomic E-state index is 11.8. The van der Waals surface area contributed by atoms with Crippen LogP contribution in [0.25, 0.3) is 5.69 Å². The Labute approximate surface area is 123 Å². The van der Waals surface area contributed by atoms with Crippen molar-refractivity contribution in [2.45, 2.75) is 20.0 Å². The molecule has 112 valence electrons. The van der Waals surface area contributed by atoms with Gasteiger partial charge in [-0.1, -0.05) is 6.07 Å². The number of nitrogens with zero attached hydrogens (tertiary/aromatic N) is 2. The van der Waals surface area contributed by atoms with Gasteiger partial charge in [0.25, 0.3) is 0 Å². The van der Waals surface area contributed by atoms with Crippen LogP contribution in [0.4, 0.5) is 5.69 Å². The molecule has 0 aliphatic heterocycles. The van der Waals surface area contributed by atoms with Crippen LogP contribution >= 0.6 is 0 Å². The first-order chi connectivity index (χ1) is 10.1. The normalized spacial score (nSPS) is 10.8. The molecule has 1 heterocycles. The highest BCUT2D eigenvalue weighted by atomic mass is 16.6. The lowest BCUT2D eigenvalue weighted by Crippen LogP contribution is -2.14. The quantitative estimate of drug-likeness (QED) is 0.500. The molecule has 2 N–H and O–H groups in total. The fourth-order valence-corrected chi connectivity index (χ4v) is 1.74. The van der Waals surface area contributed by atoms with E-state index < -0.39 is 5.97 Å². The molecular formula is C15H19N3O3. The molecular weight excluding hydrogens is 270 g/mol. The molecule has 6 nitrogen and oxygen atoms in total. The molecule has 21 heavy (non-hydrogen) atoms. The minimum absolute atomic E-state index is 0.117. The van der Waals surface area contributed by atoms with E-state index >= 15 is 0 Å². The summed E-state index contributed by atoms with van der Waals surface area (Å²) in [6.45, 7) is 4.44. The third kappa shape index (κ3) is 4.32. The summed E-state index contributed by atoms with van der Waals surface area (Å²) in [5.74, 6) is -0.468. The third-order valence-electron chi connectivity index (χ3n) is 2.70. The van der Waals surface area contributed by atoms with E-state index in [0.29, 0.717) is 12.3 Å². The van der Waals surface area contributed by atoms with E-state index in [1.807, 2.05) is 26.0 Å². The first-order valence-corrected chi connectivity index (χ1v) is 6.76. The van der Waals surface area contributed by atoms with E-state index in [4.69, 9.17) is 15.2 Å². The number of carbonyl (C=O) groups excluding carboxylic acids is 1. The van der Waals surface area contributed by atoms with Gasteiger partial charge in [-0.3, -0.25) is 0 Å². The van der Waals surface area contributed by atoms with Crippen LogP contribution < -0.4 is 5.73 Å². The Morgan fingerprint density at radius 1 is 1.33 bits per heavy atom. The van der Waals surface area contributed by atoms with Crippen molar-refractivity contribution in [3.8, 4) is 5.69 Å². The van der Waals surface area contributed by atoms with Crippen molar-refractivity contribution in [2.24, 2.45) is 0 Å². The standard InChI is InChI=1S/C15H19N3O3/c1-11(2)20-8-9-21-15(19)14-6-7-18(17-14)13-5-3-4-12(16)10-13/h3-7,10-11H,8-9,16H2,1-2H3. The monoisotopic (exact) mass is 289 g/mol. The van der Waals surface area contributed by atoms with Crippen LogP contribution in [0.3, 0.4) is 0 Å². The number of ether oxygens (including phenoxy) is 2. The molecule has 0 aliphatic rings. The van der Waals surface area contributed by atoms with Crippen molar-refractivity contribution in [3.05, 3.63) is 42.2 Å². The van der Waals surface area contributed by atoms with Gasteiger partial charge < -0.3 is 15.2 Å². The number of hydrogen-bond acceptors (Lipinski definition) is 5. The van der Waals surface area contributed by atoms with Crippen molar-refractivity contribution in [1.29, 1.82) is 0 Å². The fourth-order valence-electron chi connectivity index (χ4n) is 1.74. The summed E-state index contributed by atoms with van der Waals surface area (Å²) in [6, 6.07) is 8.85. The van der Waals surface area contributed by atoms with Gasteiger partial charge >= 0.3 is 5.97 Å². The van der Waals surface area contributed by atoms with Crippen molar-refractivity contribution < 1.29 is 14.3 Å². The van der Waals surface area contributed by atoms with E-state index in [1.54, 1.807) is 29.1 Å². The second-order valence-corrected chi connectivity index (χ2v) is 4.80. The Balaban J connectivity index is 1.95. The van der Waals surface area contributed by atoms with Gasteiger partial charge in [-0.25, -0.2) is 9.48 Å². The summed E-state index contributed by atoms with van der Waals surface area (Å²) in [4.78, 5) is 11.8. The van der Waals surface area contributed by atoms with Crippen LogP contribution in [-0.4, -0.2) is 35.1 Å². The number of nitrogens with two attached hydrogens (primary N) is 1. The number of hydrogen-bond donors (Lipinski definition) is 1. The maximum absolute atomic E-state index is 11.8. The summed E-state index contributed by atoms with van der Waals surface area (Å²) < 4.78 is 12.0. The number of carbonyl (C=O) groups is 1. The van der Waals surface area contributed by atoms with E-state index in [0.717, 1.165) is 5.69 Å². The summed E-state index contributed by atoms with van der Waals surface area (Å²) in [5, 5.41) is 4.18. The summed E-state index contributed by atoms with van der Waals surface area (Å²) in [7, 11) is 0. The van der Waals surface area contributed by atoms with Gasteiger partial charge in [-0.05, 0) is 38.1 Å². The van der Waals surface area contributed by atoms with Gasteiger partial charge in [0, 0.05) is 11.9 Å². The Bertz CT molecular complexity index is 608.